The van der Waals surface area contributed by atoms with Gasteiger partial charge in [-0.25, -0.2) is 9.18 Å². The molecule has 3 N–H and O–H groups in total. The van der Waals surface area contributed by atoms with Crippen molar-refractivity contribution < 1.29 is 4.39 Å². The number of rotatable bonds is 4. The predicted molar refractivity (Wildman–Crippen MR) is 113 cm³/mol. The Balaban J connectivity index is 1.59. The number of nitrogens with two attached hydrogens (primary N) is 1. The van der Waals surface area contributed by atoms with E-state index in [1.807, 2.05) is 23.1 Å². The summed E-state index contributed by atoms with van der Waals surface area (Å²) in [6.45, 7) is 3.50. The number of nitrogens with one attached hydrogen (secondary N) is 1. The van der Waals surface area contributed by atoms with Crippen molar-refractivity contribution >= 4 is 11.2 Å². The highest BCUT2D eigenvalue weighted by Crippen LogP contribution is 2.42. The minimum atomic E-state index is -0.602. The number of hydrogen-bond acceptors (Lipinski definition) is 5. The summed E-state index contributed by atoms with van der Waals surface area (Å²) < 4.78 is 16.4. The number of halogens is 1. The first-order chi connectivity index (χ1) is 14.5. The summed E-state index contributed by atoms with van der Waals surface area (Å²) >= 11 is 0. The summed E-state index contributed by atoms with van der Waals surface area (Å²) in [5.41, 5.74) is 8.83. The van der Waals surface area contributed by atoms with E-state index >= 15 is 4.39 Å². The number of anilines is 1. The maximum absolute atomic E-state index is 15.2. The molecule has 0 spiro atoms. The molecule has 7 nitrogen and oxygen atoms in total. The third-order valence-corrected chi connectivity index (χ3v) is 6.30. The monoisotopic (exact) mass is 409 g/mol. The summed E-state index contributed by atoms with van der Waals surface area (Å²) in [6.07, 6.45) is 3.89. The fourth-order valence-corrected chi connectivity index (χ4v) is 4.72. The van der Waals surface area contributed by atoms with Crippen LogP contribution in [0.2, 0.25) is 0 Å². The maximum Gasteiger partial charge on any atom is 0.333 e. The van der Waals surface area contributed by atoms with Gasteiger partial charge in [0, 0.05) is 42.4 Å². The maximum atomic E-state index is 15.2. The van der Waals surface area contributed by atoms with E-state index in [-0.39, 0.29) is 17.4 Å². The van der Waals surface area contributed by atoms with E-state index in [4.69, 9.17) is 5.73 Å². The van der Waals surface area contributed by atoms with Gasteiger partial charge in [-0.15, -0.1) is 0 Å². The molecule has 2 fully saturated rings. The van der Waals surface area contributed by atoms with Gasteiger partial charge in [0.15, 0.2) is 5.82 Å². The number of hydrogen-bond donors (Lipinski definition) is 2. The average molecular weight is 409 g/mol. The van der Waals surface area contributed by atoms with Crippen LogP contribution >= 0.6 is 0 Å². The van der Waals surface area contributed by atoms with Crippen LogP contribution in [0.25, 0.3) is 5.52 Å². The van der Waals surface area contributed by atoms with E-state index in [2.05, 4.69) is 9.97 Å². The zero-order chi connectivity index (χ0) is 21.0. The van der Waals surface area contributed by atoms with Crippen LogP contribution < -0.4 is 21.9 Å². The Bertz CT molecular complexity index is 1260. The van der Waals surface area contributed by atoms with Gasteiger partial charge in [-0.3, -0.25) is 19.2 Å². The molecule has 0 bridgehead atoms. The highest BCUT2D eigenvalue weighted by Gasteiger charge is 2.33. The Kier molecular flexibility index (Phi) is 4.47. The molecule has 30 heavy (non-hydrogen) atoms. The van der Waals surface area contributed by atoms with E-state index in [1.54, 1.807) is 6.92 Å². The minimum Gasteiger partial charge on any atom is -0.368 e. The lowest BCUT2D eigenvalue weighted by Crippen LogP contribution is -2.31. The SMILES string of the molecule is Cc1c(N2CCC(c3cccc(CN)n3)C2)c(F)cn2c(=O)[nH]c(=O)c(C3CC3)c12. The number of aryl methyl sites for hydroxylation is 1. The molecule has 3 aromatic heterocycles. The van der Waals surface area contributed by atoms with Crippen molar-refractivity contribution in [3.63, 3.8) is 0 Å². The predicted octanol–water partition coefficient (Wildman–Crippen LogP) is 2.16. The fourth-order valence-electron chi connectivity index (χ4n) is 4.72. The van der Waals surface area contributed by atoms with Crippen LogP contribution in [0.1, 0.15) is 53.6 Å². The molecule has 0 aromatic carbocycles. The summed E-state index contributed by atoms with van der Waals surface area (Å²) in [7, 11) is 0. The topological polar surface area (TPSA) is 96.5 Å². The molecule has 1 saturated heterocycles. The van der Waals surface area contributed by atoms with E-state index < -0.39 is 11.5 Å². The van der Waals surface area contributed by atoms with Crippen molar-refractivity contribution in [3.05, 3.63) is 73.6 Å². The Morgan fingerprint density at radius 1 is 1.23 bits per heavy atom. The molecular weight excluding hydrogens is 385 g/mol. The van der Waals surface area contributed by atoms with Crippen molar-refractivity contribution in [3.8, 4) is 0 Å². The Morgan fingerprint density at radius 3 is 2.77 bits per heavy atom. The average Bonchev–Trinajstić information content (AvgIpc) is 3.45. The molecule has 5 rings (SSSR count). The Morgan fingerprint density at radius 2 is 2.03 bits per heavy atom. The molecule has 1 saturated carbocycles. The van der Waals surface area contributed by atoms with Crippen molar-refractivity contribution in [2.45, 2.75) is 44.6 Å². The second-order valence-electron chi connectivity index (χ2n) is 8.31. The van der Waals surface area contributed by atoms with Crippen LogP contribution in [-0.4, -0.2) is 27.5 Å². The van der Waals surface area contributed by atoms with Gasteiger partial charge in [0.25, 0.3) is 5.56 Å². The lowest BCUT2D eigenvalue weighted by molar-refractivity contribution is 0.609. The quantitative estimate of drug-likeness (QED) is 0.688. The van der Waals surface area contributed by atoms with Crippen molar-refractivity contribution in [1.82, 2.24) is 14.4 Å². The highest BCUT2D eigenvalue weighted by molar-refractivity contribution is 5.72. The van der Waals surface area contributed by atoms with Crippen LogP contribution in [-0.2, 0) is 6.54 Å². The lowest BCUT2D eigenvalue weighted by Gasteiger charge is -2.23. The summed E-state index contributed by atoms with van der Waals surface area (Å²) in [5, 5.41) is 0. The summed E-state index contributed by atoms with van der Waals surface area (Å²) in [5.74, 6) is -0.146. The third kappa shape index (κ3) is 3.02. The number of aromatic nitrogens is 3. The number of nitrogens with zero attached hydrogens (tertiary/aromatic N) is 3. The Labute approximate surface area is 172 Å². The van der Waals surface area contributed by atoms with Crippen LogP contribution in [0.4, 0.5) is 10.1 Å². The number of aromatic amines is 1. The molecule has 1 atom stereocenters. The van der Waals surface area contributed by atoms with Crippen LogP contribution in [0.3, 0.4) is 0 Å². The van der Waals surface area contributed by atoms with Gasteiger partial charge in [0.2, 0.25) is 0 Å². The van der Waals surface area contributed by atoms with Crippen LogP contribution in [0, 0.1) is 12.7 Å². The van der Waals surface area contributed by atoms with Gasteiger partial charge in [-0.1, -0.05) is 6.07 Å². The highest BCUT2D eigenvalue weighted by atomic mass is 19.1. The molecule has 4 heterocycles. The Hall–Kier alpha value is -3.00. The number of pyridine rings is 2. The van der Waals surface area contributed by atoms with Crippen molar-refractivity contribution in [2.24, 2.45) is 5.73 Å². The lowest BCUT2D eigenvalue weighted by atomic mass is 10.0. The molecule has 8 heteroatoms. The summed E-state index contributed by atoms with van der Waals surface area (Å²) in [6, 6.07) is 5.84. The van der Waals surface area contributed by atoms with Gasteiger partial charge in [0.05, 0.1) is 23.1 Å². The molecule has 1 aliphatic carbocycles. The van der Waals surface area contributed by atoms with Crippen LogP contribution in [0.15, 0.2) is 34.0 Å². The molecule has 1 aliphatic heterocycles. The van der Waals surface area contributed by atoms with Crippen molar-refractivity contribution in [1.29, 1.82) is 0 Å². The third-order valence-electron chi connectivity index (χ3n) is 6.30. The van der Waals surface area contributed by atoms with Gasteiger partial charge >= 0.3 is 5.69 Å². The molecule has 2 aliphatic rings. The van der Waals surface area contributed by atoms with E-state index in [9.17, 15) is 9.59 Å². The molecule has 0 amide bonds. The summed E-state index contributed by atoms with van der Waals surface area (Å²) in [4.78, 5) is 33.8. The van der Waals surface area contributed by atoms with Crippen molar-refractivity contribution in [2.75, 3.05) is 18.0 Å². The first kappa shape index (κ1) is 19.0. The van der Waals surface area contributed by atoms with E-state index in [0.717, 1.165) is 30.7 Å². The zero-order valence-electron chi connectivity index (χ0n) is 16.8. The molecule has 3 aromatic rings. The second kappa shape index (κ2) is 7.05. The smallest absolute Gasteiger partial charge is 0.333 e. The minimum absolute atomic E-state index is 0.135. The molecular formula is C22H24FN5O2. The van der Waals surface area contributed by atoms with Gasteiger partial charge < -0.3 is 10.6 Å². The first-order valence-corrected chi connectivity index (χ1v) is 10.4. The molecule has 0 radical (unpaired) electrons. The molecule has 1 unspecified atom stereocenters. The van der Waals surface area contributed by atoms with Gasteiger partial charge in [0.1, 0.15) is 0 Å². The fraction of sp³-hybridized carbons (Fsp3) is 0.409. The normalized spacial score (nSPS) is 19.0. The second-order valence-corrected chi connectivity index (χ2v) is 8.31. The number of H-pyrrole nitrogens is 1. The zero-order valence-corrected chi connectivity index (χ0v) is 16.8. The largest absolute Gasteiger partial charge is 0.368 e. The van der Waals surface area contributed by atoms with Gasteiger partial charge in [-0.2, -0.15) is 0 Å². The van der Waals surface area contributed by atoms with Crippen LogP contribution in [0.5, 0.6) is 0 Å². The van der Waals surface area contributed by atoms with E-state index in [1.165, 1.54) is 10.6 Å². The van der Waals surface area contributed by atoms with Gasteiger partial charge in [-0.05, 0) is 44.2 Å². The number of fused-ring (bicyclic) bond motifs is 1. The molecule has 156 valence electrons. The first-order valence-electron chi connectivity index (χ1n) is 10.4. The standard InChI is InChI=1S/C22H24FN5O2/c1-12-19(27-8-7-14(10-27)17-4-2-3-15(9-24)25-17)16(23)11-28-20(12)18(13-5-6-13)21(29)26-22(28)30/h2-4,11,13-14H,5-10,24H2,1H3,(H,26,29,30). The van der Waals surface area contributed by atoms with E-state index in [0.29, 0.717) is 42.0 Å².